The largest absolute Gasteiger partial charge is 0.356 e. The number of aryl methyl sites for hydroxylation is 1. The molecule has 32 heavy (non-hydrogen) atoms. The fourth-order valence-corrected chi connectivity index (χ4v) is 5.05. The number of rotatable bonds is 6. The van der Waals surface area contributed by atoms with Crippen LogP contribution in [0.3, 0.4) is 0 Å². The molecule has 7 heteroatoms. The molecule has 5 rings (SSSR count). The van der Waals surface area contributed by atoms with Crippen molar-refractivity contribution in [3.8, 4) is 0 Å². The van der Waals surface area contributed by atoms with Gasteiger partial charge in [0.25, 0.3) is 0 Å². The van der Waals surface area contributed by atoms with E-state index in [2.05, 4.69) is 22.0 Å². The maximum atomic E-state index is 13.9. The molecule has 1 aliphatic carbocycles. The van der Waals surface area contributed by atoms with Crippen molar-refractivity contribution in [3.63, 3.8) is 0 Å². The Morgan fingerprint density at radius 3 is 2.81 bits per heavy atom. The minimum atomic E-state index is -0.411. The van der Waals surface area contributed by atoms with Crippen LogP contribution < -0.4 is 10.2 Å². The summed E-state index contributed by atoms with van der Waals surface area (Å²) in [4.78, 5) is 27.2. The van der Waals surface area contributed by atoms with Gasteiger partial charge >= 0.3 is 0 Å². The molecule has 1 N–H and O–H groups in total. The molecule has 170 valence electrons. The molecule has 1 saturated carbocycles. The Labute approximate surface area is 189 Å². The molecule has 1 amide bonds. The molecule has 6 nitrogen and oxygen atoms in total. The quantitative estimate of drug-likeness (QED) is 0.743. The highest BCUT2D eigenvalue weighted by Crippen LogP contribution is 2.36. The molecule has 1 aromatic carbocycles. The van der Waals surface area contributed by atoms with Crippen molar-refractivity contribution in [2.75, 3.05) is 42.9 Å². The second-order valence-electron chi connectivity index (χ2n) is 9.56. The Hall–Kier alpha value is -2.54. The van der Waals surface area contributed by atoms with Crippen LogP contribution in [0, 0.1) is 18.7 Å². The molecule has 2 aromatic rings. The van der Waals surface area contributed by atoms with E-state index >= 15 is 0 Å². The van der Waals surface area contributed by atoms with Crippen LogP contribution in [0.5, 0.6) is 0 Å². The SMILES string of the molecule is Cc1nc(C2CCCN(CC(=O)Nc3ccccc3F)C2)nc2c1CCCN2CC1CC1. The van der Waals surface area contributed by atoms with Crippen LogP contribution in [-0.2, 0) is 11.2 Å². The first-order chi connectivity index (χ1) is 15.6. The number of piperidine rings is 1. The number of para-hydroxylation sites is 1. The third-order valence-corrected chi connectivity index (χ3v) is 6.93. The summed E-state index contributed by atoms with van der Waals surface area (Å²) >= 11 is 0. The topological polar surface area (TPSA) is 61.4 Å². The van der Waals surface area contributed by atoms with Gasteiger partial charge in [-0.05, 0) is 70.0 Å². The molecule has 0 bridgehead atoms. The van der Waals surface area contributed by atoms with E-state index in [1.54, 1.807) is 18.2 Å². The molecule has 1 saturated heterocycles. The molecule has 1 atom stereocenters. The number of carbonyl (C=O) groups is 1. The Balaban J connectivity index is 1.27. The predicted molar refractivity (Wildman–Crippen MR) is 123 cm³/mol. The summed E-state index contributed by atoms with van der Waals surface area (Å²) in [5, 5.41) is 2.70. The van der Waals surface area contributed by atoms with Crippen LogP contribution >= 0.6 is 0 Å². The van der Waals surface area contributed by atoms with Gasteiger partial charge in [0.05, 0.1) is 12.2 Å². The maximum absolute atomic E-state index is 13.9. The van der Waals surface area contributed by atoms with E-state index in [9.17, 15) is 9.18 Å². The van der Waals surface area contributed by atoms with Crippen molar-refractivity contribution in [2.45, 2.75) is 51.4 Å². The number of anilines is 2. The van der Waals surface area contributed by atoms with Crippen LogP contribution in [0.2, 0.25) is 0 Å². The molecular weight excluding hydrogens is 405 g/mol. The molecular formula is C25H32FN5O. The third kappa shape index (κ3) is 4.77. The number of hydrogen-bond acceptors (Lipinski definition) is 5. The average Bonchev–Trinajstić information content (AvgIpc) is 3.60. The van der Waals surface area contributed by atoms with E-state index in [1.165, 1.54) is 30.9 Å². The van der Waals surface area contributed by atoms with Crippen molar-refractivity contribution in [1.82, 2.24) is 14.9 Å². The standard InChI is InChI=1S/C25H32FN5O/c1-17-20-7-5-13-31(14-18-10-11-18)25(20)29-24(27-17)19-6-4-12-30(15-19)16-23(32)28-22-9-3-2-8-21(22)26/h2-3,8-9,18-19H,4-7,10-16H2,1H3,(H,28,32). The highest BCUT2D eigenvalue weighted by Gasteiger charge is 2.31. The zero-order valence-electron chi connectivity index (χ0n) is 18.8. The summed E-state index contributed by atoms with van der Waals surface area (Å²) in [6.07, 6.45) is 6.97. The first kappa shape index (κ1) is 21.3. The van der Waals surface area contributed by atoms with Crippen molar-refractivity contribution in [3.05, 3.63) is 47.2 Å². The highest BCUT2D eigenvalue weighted by molar-refractivity contribution is 5.92. The molecule has 2 aliphatic heterocycles. The summed E-state index contributed by atoms with van der Waals surface area (Å²) in [6.45, 7) is 6.20. The fourth-order valence-electron chi connectivity index (χ4n) is 5.05. The number of hydrogen-bond donors (Lipinski definition) is 1. The second-order valence-corrected chi connectivity index (χ2v) is 9.56. The van der Waals surface area contributed by atoms with Gasteiger partial charge in [0.2, 0.25) is 5.91 Å². The number of carbonyl (C=O) groups excluding carboxylic acids is 1. The van der Waals surface area contributed by atoms with Crippen molar-refractivity contribution in [2.24, 2.45) is 5.92 Å². The summed E-state index contributed by atoms with van der Waals surface area (Å²) in [5.74, 6) is 2.53. The summed E-state index contributed by atoms with van der Waals surface area (Å²) in [7, 11) is 0. The van der Waals surface area contributed by atoms with Crippen LogP contribution in [0.25, 0.3) is 0 Å². The molecule has 3 aliphatic rings. The Morgan fingerprint density at radius 1 is 1.16 bits per heavy atom. The number of amides is 1. The number of halogens is 1. The molecule has 3 heterocycles. The van der Waals surface area contributed by atoms with E-state index in [-0.39, 0.29) is 24.1 Å². The van der Waals surface area contributed by atoms with E-state index < -0.39 is 5.82 Å². The highest BCUT2D eigenvalue weighted by atomic mass is 19.1. The first-order valence-corrected chi connectivity index (χ1v) is 12.0. The minimum Gasteiger partial charge on any atom is -0.356 e. The number of benzene rings is 1. The van der Waals surface area contributed by atoms with Crippen molar-refractivity contribution >= 4 is 17.4 Å². The van der Waals surface area contributed by atoms with Crippen molar-refractivity contribution in [1.29, 1.82) is 0 Å². The summed E-state index contributed by atoms with van der Waals surface area (Å²) in [5.41, 5.74) is 2.66. The van der Waals surface area contributed by atoms with Gasteiger partial charge in [-0.3, -0.25) is 9.69 Å². The summed E-state index contributed by atoms with van der Waals surface area (Å²) < 4.78 is 13.9. The maximum Gasteiger partial charge on any atom is 0.238 e. The lowest BCUT2D eigenvalue weighted by molar-refractivity contribution is -0.117. The number of aromatic nitrogens is 2. The van der Waals surface area contributed by atoms with Gasteiger partial charge in [-0.2, -0.15) is 0 Å². The van der Waals surface area contributed by atoms with Gasteiger partial charge in [-0.15, -0.1) is 0 Å². The lowest BCUT2D eigenvalue weighted by Gasteiger charge is -2.34. The van der Waals surface area contributed by atoms with Gasteiger partial charge in [0.15, 0.2) is 0 Å². The van der Waals surface area contributed by atoms with E-state index in [1.807, 2.05) is 0 Å². The number of fused-ring (bicyclic) bond motifs is 1. The van der Waals surface area contributed by atoms with Gasteiger partial charge < -0.3 is 10.2 Å². The Morgan fingerprint density at radius 2 is 2.00 bits per heavy atom. The number of nitrogens with one attached hydrogen (secondary N) is 1. The van der Waals surface area contributed by atoms with Gasteiger partial charge in [-0.25, -0.2) is 14.4 Å². The Bertz CT molecular complexity index is 992. The van der Waals surface area contributed by atoms with Crippen LogP contribution in [0.4, 0.5) is 15.9 Å². The molecule has 1 aromatic heterocycles. The normalized spacial score (nSPS) is 21.3. The van der Waals surface area contributed by atoms with Crippen LogP contribution in [-0.4, -0.2) is 53.5 Å². The van der Waals surface area contributed by atoms with Gasteiger partial charge in [0.1, 0.15) is 17.5 Å². The van der Waals surface area contributed by atoms with E-state index in [4.69, 9.17) is 9.97 Å². The first-order valence-electron chi connectivity index (χ1n) is 12.0. The predicted octanol–water partition coefficient (Wildman–Crippen LogP) is 3.90. The van der Waals surface area contributed by atoms with E-state index in [0.29, 0.717) is 0 Å². The Kier molecular flexibility index (Phi) is 6.09. The lowest BCUT2D eigenvalue weighted by Crippen LogP contribution is -2.40. The number of nitrogens with zero attached hydrogens (tertiary/aromatic N) is 4. The van der Waals surface area contributed by atoms with Gasteiger partial charge in [-0.1, -0.05) is 12.1 Å². The van der Waals surface area contributed by atoms with Crippen LogP contribution in [0.15, 0.2) is 24.3 Å². The molecule has 0 spiro atoms. The fraction of sp³-hybridized carbons (Fsp3) is 0.560. The molecule has 2 fully saturated rings. The summed E-state index contributed by atoms with van der Waals surface area (Å²) in [6, 6.07) is 6.28. The minimum absolute atomic E-state index is 0.186. The van der Waals surface area contributed by atoms with E-state index in [0.717, 1.165) is 68.7 Å². The lowest BCUT2D eigenvalue weighted by atomic mass is 9.96. The second kappa shape index (κ2) is 9.14. The monoisotopic (exact) mass is 437 g/mol. The zero-order chi connectivity index (χ0) is 22.1. The molecule has 0 radical (unpaired) electrons. The zero-order valence-corrected chi connectivity index (χ0v) is 18.8. The van der Waals surface area contributed by atoms with Gasteiger partial charge in [0, 0.05) is 36.8 Å². The number of likely N-dealkylation sites (tertiary alicyclic amines) is 1. The smallest absolute Gasteiger partial charge is 0.238 e. The molecule has 1 unspecified atom stereocenters. The third-order valence-electron chi connectivity index (χ3n) is 6.93. The average molecular weight is 438 g/mol. The van der Waals surface area contributed by atoms with Crippen molar-refractivity contribution < 1.29 is 9.18 Å². The van der Waals surface area contributed by atoms with Crippen LogP contribution in [0.1, 0.15) is 55.1 Å².